The highest BCUT2D eigenvalue weighted by Crippen LogP contribution is 2.20. The molecule has 1 heterocycles. The molecule has 2 N–H and O–H groups in total. The second-order valence-electron chi connectivity index (χ2n) is 6.36. The first-order chi connectivity index (χ1) is 13.3. The number of ether oxygens (including phenoxy) is 1. The molecular formula is C19H21N3O5S. The van der Waals surface area contributed by atoms with Gasteiger partial charge in [-0.2, -0.15) is 0 Å². The molecule has 1 aliphatic heterocycles. The summed E-state index contributed by atoms with van der Waals surface area (Å²) in [6.07, 6.45) is 1.03. The standard InChI is InChI=1S/C19H21N3O5S/c1-28(25,26)21-15-6-4-5-14(13-15)18(23)20-17-8-3-2-7-16(17)19(24)22-9-11-27-12-10-22/h2-8,13,21H,9-12H2,1H3,(H,20,23). The highest BCUT2D eigenvalue weighted by molar-refractivity contribution is 7.92. The molecule has 0 aromatic heterocycles. The quantitative estimate of drug-likeness (QED) is 0.792. The SMILES string of the molecule is CS(=O)(=O)Nc1cccc(C(=O)Nc2ccccc2C(=O)N2CCOCC2)c1. The molecule has 2 aromatic rings. The number of hydrogen-bond acceptors (Lipinski definition) is 5. The van der Waals surface area contributed by atoms with Crippen molar-refractivity contribution in [3.8, 4) is 0 Å². The van der Waals surface area contributed by atoms with Gasteiger partial charge in [0.15, 0.2) is 0 Å². The Kier molecular flexibility index (Phi) is 5.96. The minimum absolute atomic E-state index is 0.174. The van der Waals surface area contributed by atoms with Gasteiger partial charge in [0.05, 0.1) is 30.7 Å². The Labute approximate surface area is 163 Å². The van der Waals surface area contributed by atoms with E-state index in [2.05, 4.69) is 10.0 Å². The van der Waals surface area contributed by atoms with Gasteiger partial charge < -0.3 is 15.0 Å². The number of nitrogens with one attached hydrogen (secondary N) is 2. The Balaban J connectivity index is 1.79. The van der Waals surface area contributed by atoms with Crippen LogP contribution in [0.5, 0.6) is 0 Å². The third kappa shape index (κ3) is 5.08. The van der Waals surface area contributed by atoms with Gasteiger partial charge in [-0.05, 0) is 30.3 Å². The third-order valence-corrected chi connectivity index (χ3v) is 4.74. The Hall–Kier alpha value is -2.91. The molecule has 2 aromatic carbocycles. The van der Waals surface area contributed by atoms with Gasteiger partial charge in [-0.15, -0.1) is 0 Å². The average molecular weight is 403 g/mol. The van der Waals surface area contributed by atoms with Gasteiger partial charge in [0.1, 0.15) is 0 Å². The first-order valence-corrected chi connectivity index (χ1v) is 10.6. The molecule has 2 amide bonds. The number of carbonyl (C=O) groups excluding carboxylic acids is 2. The minimum Gasteiger partial charge on any atom is -0.378 e. The highest BCUT2D eigenvalue weighted by atomic mass is 32.2. The van der Waals surface area contributed by atoms with Crippen LogP contribution in [0.2, 0.25) is 0 Å². The molecule has 0 bridgehead atoms. The van der Waals surface area contributed by atoms with Crippen molar-refractivity contribution in [2.75, 3.05) is 42.6 Å². The van der Waals surface area contributed by atoms with E-state index in [-0.39, 0.29) is 17.2 Å². The van der Waals surface area contributed by atoms with E-state index in [9.17, 15) is 18.0 Å². The number of rotatable bonds is 5. The number of para-hydroxylation sites is 1. The van der Waals surface area contributed by atoms with Crippen LogP contribution < -0.4 is 10.0 Å². The maximum absolute atomic E-state index is 12.8. The molecule has 1 fully saturated rings. The number of benzene rings is 2. The smallest absolute Gasteiger partial charge is 0.256 e. The monoisotopic (exact) mass is 403 g/mol. The van der Waals surface area contributed by atoms with Crippen LogP contribution in [-0.4, -0.2) is 57.7 Å². The molecule has 1 aliphatic rings. The van der Waals surface area contributed by atoms with Gasteiger partial charge >= 0.3 is 0 Å². The van der Waals surface area contributed by atoms with Gasteiger partial charge in [-0.25, -0.2) is 8.42 Å². The van der Waals surface area contributed by atoms with Crippen LogP contribution in [0.25, 0.3) is 0 Å². The number of morpholine rings is 1. The second-order valence-corrected chi connectivity index (χ2v) is 8.11. The molecule has 148 valence electrons. The summed E-state index contributed by atoms with van der Waals surface area (Å²) in [6.45, 7) is 1.97. The Morgan fingerprint density at radius 3 is 2.46 bits per heavy atom. The van der Waals surface area contributed by atoms with Crippen LogP contribution >= 0.6 is 0 Å². The van der Waals surface area contributed by atoms with E-state index >= 15 is 0 Å². The summed E-state index contributed by atoms with van der Waals surface area (Å²) >= 11 is 0. The maximum Gasteiger partial charge on any atom is 0.256 e. The molecule has 3 rings (SSSR count). The van der Waals surface area contributed by atoms with Gasteiger partial charge in [0.25, 0.3) is 11.8 Å². The lowest BCUT2D eigenvalue weighted by Crippen LogP contribution is -2.41. The lowest BCUT2D eigenvalue weighted by molar-refractivity contribution is 0.0303. The van der Waals surface area contributed by atoms with E-state index in [1.807, 2.05) is 0 Å². The molecule has 8 nitrogen and oxygen atoms in total. The predicted molar refractivity (Wildman–Crippen MR) is 106 cm³/mol. The van der Waals surface area contributed by atoms with E-state index in [1.54, 1.807) is 47.4 Å². The van der Waals surface area contributed by atoms with Gasteiger partial charge in [-0.1, -0.05) is 18.2 Å². The fourth-order valence-corrected chi connectivity index (χ4v) is 3.40. The average Bonchev–Trinajstić information content (AvgIpc) is 2.67. The zero-order valence-corrected chi connectivity index (χ0v) is 16.2. The number of anilines is 2. The predicted octanol–water partition coefficient (Wildman–Crippen LogP) is 1.78. The molecular weight excluding hydrogens is 382 g/mol. The highest BCUT2D eigenvalue weighted by Gasteiger charge is 2.21. The summed E-state index contributed by atoms with van der Waals surface area (Å²) in [5.41, 5.74) is 1.34. The van der Waals surface area contributed by atoms with Crippen molar-refractivity contribution in [3.05, 3.63) is 59.7 Å². The van der Waals surface area contributed by atoms with Crippen LogP contribution in [0.15, 0.2) is 48.5 Å². The zero-order valence-electron chi connectivity index (χ0n) is 15.3. The molecule has 0 aliphatic carbocycles. The van der Waals surface area contributed by atoms with E-state index in [0.29, 0.717) is 37.6 Å². The summed E-state index contributed by atoms with van der Waals surface area (Å²) in [6, 6.07) is 12.9. The molecule has 0 spiro atoms. The van der Waals surface area contributed by atoms with Crippen molar-refractivity contribution in [1.82, 2.24) is 4.90 Å². The molecule has 0 saturated carbocycles. The topological polar surface area (TPSA) is 105 Å². The summed E-state index contributed by atoms with van der Waals surface area (Å²) in [5.74, 6) is -0.619. The normalized spacial score (nSPS) is 14.4. The first-order valence-electron chi connectivity index (χ1n) is 8.69. The van der Waals surface area contributed by atoms with E-state index in [1.165, 1.54) is 6.07 Å². The molecule has 0 radical (unpaired) electrons. The van der Waals surface area contributed by atoms with Gasteiger partial charge in [0, 0.05) is 24.3 Å². The van der Waals surface area contributed by atoms with E-state index in [0.717, 1.165) is 6.26 Å². The summed E-state index contributed by atoms with van der Waals surface area (Å²) < 4.78 is 30.4. The number of nitrogens with zero attached hydrogens (tertiary/aromatic N) is 1. The third-order valence-electron chi connectivity index (χ3n) is 4.13. The van der Waals surface area contributed by atoms with Crippen LogP contribution in [0, 0.1) is 0 Å². The molecule has 0 atom stereocenters. The minimum atomic E-state index is -3.45. The van der Waals surface area contributed by atoms with Crippen LogP contribution in [0.3, 0.4) is 0 Å². The summed E-state index contributed by atoms with van der Waals surface area (Å²) in [5, 5.41) is 2.74. The molecule has 1 saturated heterocycles. The van der Waals surface area contributed by atoms with Crippen LogP contribution in [-0.2, 0) is 14.8 Å². The van der Waals surface area contributed by atoms with Crippen LogP contribution in [0.4, 0.5) is 11.4 Å². The lowest BCUT2D eigenvalue weighted by Gasteiger charge is -2.27. The zero-order chi connectivity index (χ0) is 20.1. The summed E-state index contributed by atoms with van der Waals surface area (Å²) in [7, 11) is -3.45. The van der Waals surface area contributed by atoms with Crippen molar-refractivity contribution in [3.63, 3.8) is 0 Å². The van der Waals surface area contributed by atoms with Gasteiger partial charge in [-0.3, -0.25) is 14.3 Å². The number of sulfonamides is 1. The maximum atomic E-state index is 12.8. The number of amides is 2. The Morgan fingerprint density at radius 1 is 1.04 bits per heavy atom. The molecule has 0 unspecified atom stereocenters. The molecule has 9 heteroatoms. The van der Waals surface area contributed by atoms with Crippen molar-refractivity contribution in [1.29, 1.82) is 0 Å². The van der Waals surface area contributed by atoms with E-state index in [4.69, 9.17) is 4.74 Å². The van der Waals surface area contributed by atoms with Crippen molar-refractivity contribution < 1.29 is 22.7 Å². The van der Waals surface area contributed by atoms with Crippen molar-refractivity contribution in [2.45, 2.75) is 0 Å². The Bertz CT molecular complexity index is 985. The number of carbonyl (C=O) groups is 2. The van der Waals surface area contributed by atoms with Crippen molar-refractivity contribution >= 4 is 33.2 Å². The first kappa shape index (κ1) is 19.8. The van der Waals surface area contributed by atoms with Crippen LogP contribution in [0.1, 0.15) is 20.7 Å². The lowest BCUT2D eigenvalue weighted by atomic mass is 10.1. The molecule has 28 heavy (non-hydrogen) atoms. The summed E-state index contributed by atoms with van der Waals surface area (Å²) in [4.78, 5) is 27.1. The Morgan fingerprint density at radius 2 is 1.75 bits per heavy atom. The fourth-order valence-electron chi connectivity index (χ4n) is 2.85. The number of hydrogen-bond donors (Lipinski definition) is 2. The van der Waals surface area contributed by atoms with Gasteiger partial charge in [0.2, 0.25) is 10.0 Å². The van der Waals surface area contributed by atoms with E-state index < -0.39 is 15.9 Å². The fraction of sp³-hybridized carbons (Fsp3) is 0.263. The largest absolute Gasteiger partial charge is 0.378 e. The second kappa shape index (κ2) is 8.41. The van der Waals surface area contributed by atoms with Crippen molar-refractivity contribution in [2.24, 2.45) is 0 Å².